The minimum atomic E-state index is 0.227. The molecular formula is C9H16N2O. The van der Waals surface area contributed by atoms with Crippen molar-refractivity contribution < 1.29 is 5.11 Å². The Morgan fingerprint density at radius 1 is 1.33 bits per heavy atom. The lowest BCUT2D eigenvalue weighted by Gasteiger charge is -2.00. The lowest BCUT2D eigenvalue weighted by atomic mass is 10.2. The Hall–Kier alpha value is -1.12. The maximum atomic E-state index is 9.27. The summed E-state index contributed by atoms with van der Waals surface area (Å²) < 4.78 is 0. The first-order valence-electron chi connectivity index (χ1n) is 4.25. The van der Waals surface area contributed by atoms with Crippen molar-refractivity contribution in [3.05, 3.63) is 17.7 Å². The molecule has 0 bridgehead atoms. The fourth-order valence-corrected chi connectivity index (χ4v) is 0.775. The lowest BCUT2D eigenvalue weighted by Crippen LogP contribution is -1.91. The molecule has 1 heterocycles. The molecule has 1 aromatic heterocycles. The second kappa shape index (κ2) is 5.52. The largest absolute Gasteiger partial charge is 0.504 e. The number of hydrogen-bond acceptors (Lipinski definition) is 3. The van der Waals surface area contributed by atoms with Gasteiger partial charge in [0.1, 0.15) is 6.33 Å². The van der Waals surface area contributed by atoms with E-state index in [1.54, 1.807) is 6.92 Å². The molecule has 12 heavy (non-hydrogen) atoms. The molecule has 0 unspecified atom stereocenters. The van der Waals surface area contributed by atoms with Crippen molar-refractivity contribution in [2.75, 3.05) is 0 Å². The molecule has 0 atom stereocenters. The van der Waals surface area contributed by atoms with E-state index >= 15 is 0 Å². The van der Waals surface area contributed by atoms with Gasteiger partial charge in [0.05, 0.1) is 11.4 Å². The highest BCUT2D eigenvalue weighted by molar-refractivity contribution is 5.28. The number of hydrogen-bond donors (Lipinski definition) is 1. The van der Waals surface area contributed by atoms with Crippen LogP contribution in [0.1, 0.15) is 32.2 Å². The van der Waals surface area contributed by atoms with E-state index < -0.39 is 0 Å². The summed E-state index contributed by atoms with van der Waals surface area (Å²) in [6.45, 7) is 7.71. The van der Waals surface area contributed by atoms with Crippen molar-refractivity contribution >= 4 is 0 Å². The van der Waals surface area contributed by atoms with Gasteiger partial charge in [-0.05, 0) is 13.3 Å². The lowest BCUT2D eigenvalue weighted by molar-refractivity contribution is 0.456. The van der Waals surface area contributed by atoms with E-state index in [0.717, 1.165) is 6.42 Å². The Balaban J connectivity index is 0.000000561. The van der Waals surface area contributed by atoms with E-state index in [9.17, 15) is 5.11 Å². The molecule has 0 spiro atoms. The fourth-order valence-electron chi connectivity index (χ4n) is 0.775. The van der Waals surface area contributed by atoms with Crippen molar-refractivity contribution in [2.45, 2.75) is 34.1 Å². The predicted octanol–water partition coefficient (Wildman–Crippen LogP) is 2.08. The Labute approximate surface area is 73.5 Å². The van der Waals surface area contributed by atoms with Crippen LogP contribution in [-0.4, -0.2) is 15.1 Å². The van der Waals surface area contributed by atoms with Crippen molar-refractivity contribution in [1.82, 2.24) is 9.97 Å². The maximum Gasteiger partial charge on any atom is 0.158 e. The molecule has 3 nitrogen and oxygen atoms in total. The number of aromatic nitrogens is 2. The van der Waals surface area contributed by atoms with E-state index in [2.05, 4.69) is 9.97 Å². The van der Waals surface area contributed by atoms with Crippen molar-refractivity contribution in [2.24, 2.45) is 0 Å². The quantitative estimate of drug-likeness (QED) is 0.698. The second-order valence-electron chi connectivity index (χ2n) is 2.11. The van der Waals surface area contributed by atoms with Crippen LogP contribution in [0.4, 0.5) is 0 Å². The molecule has 0 aliphatic carbocycles. The number of aryl methyl sites for hydroxylation is 2. The molecule has 0 saturated carbocycles. The first-order chi connectivity index (χ1) is 5.75. The van der Waals surface area contributed by atoms with Gasteiger partial charge in [-0.3, -0.25) is 0 Å². The van der Waals surface area contributed by atoms with Gasteiger partial charge in [0, 0.05) is 0 Å². The van der Waals surface area contributed by atoms with Gasteiger partial charge < -0.3 is 5.11 Å². The van der Waals surface area contributed by atoms with Gasteiger partial charge in [-0.1, -0.05) is 20.8 Å². The minimum Gasteiger partial charge on any atom is -0.504 e. The van der Waals surface area contributed by atoms with E-state index in [1.807, 2.05) is 20.8 Å². The van der Waals surface area contributed by atoms with Gasteiger partial charge >= 0.3 is 0 Å². The summed E-state index contributed by atoms with van der Waals surface area (Å²) in [6.07, 6.45) is 2.21. The van der Waals surface area contributed by atoms with Crippen LogP contribution in [0.2, 0.25) is 0 Å². The molecule has 0 aliphatic heterocycles. The average molecular weight is 168 g/mol. The standard InChI is InChI=1S/C7H10N2O.C2H6/c1-3-6-7(10)5(2)8-4-9-6;1-2/h4,10H,3H2,1-2H3;1-2H3. The normalized spacial score (nSPS) is 8.67. The average Bonchev–Trinajstić information content (AvgIpc) is 2.13. The molecule has 68 valence electrons. The van der Waals surface area contributed by atoms with Crippen molar-refractivity contribution in [3.63, 3.8) is 0 Å². The summed E-state index contributed by atoms with van der Waals surface area (Å²) in [5.41, 5.74) is 1.36. The predicted molar refractivity (Wildman–Crippen MR) is 49.2 cm³/mol. The van der Waals surface area contributed by atoms with Crippen LogP contribution in [0.15, 0.2) is 6.33 Å². The van der Waals surface area contributed by atoms with Gasteiger partial charge in [-0.15, -0.1) is 0 Å². The molecular weight excluding hydrogens is 152 g/mol. The SMILES string of the molecule is CC.CCc1ncnc(C)c1O. The Kier molecular flexibility index (Phi) is 5.00. The molecule has 0 aromatic carbocycles. The zero-order valence-electron chi connectivity index (χ0n) is 8.13. The highest BCUT2D eigenvalue weighted by Gasteiger charge is 2.02. The molecule has 1 rings (SSSR count). The second-order valence-corrected chi connectivity index (χ2v) is 2.11. The van der Waals surface area contributed by atoms with Gasteiger partial charge in [0.25, 0.3) is 0 Å². The zero-order valence-corrected chi connectivity index (χ0v) is 8.13. The first kappa shape index (κ1) is 10.9. The molecule has 0 fully saturated rings. The Bertz CT molecular complexity index is 236. The maximum absolute atomic E-state index is 9.27. The van der Waals surface area contributed by atoms with Crippen LogP contribution < -0.4 is 0 Å². The van der Waals surface area contributed by atoms with Crippen LogP contribution in [-0.2, 0) is 6.42 Å². The molecule has 0 aliphatic rings. The summed E-state index contributed by atoms with van der Waals surface area (Å²) in [5, 5.41) is 9.27. The smallest absolute Gasteiger partial charge is 0.158 e. The fraction of sp³-hybridized carbons (Fsp3) is 0.556. The highest BCUT2D eigenvalue weighted by atomic mass is 16.3. The molecule has 1 aromatic rings. The summed E-state index contributed by atoms with van der Waals surface area (Å²) in [4.78, 5) is 7.72. The number of nitrogens with zero attached hydrogens (tertiary/aromatic N) is 2. The summed E-state index contributed by atoms with van der Waals surface area (Å²) >= 11 is 0. The topological polar surface area (TPSA) is 46.0 Å². The van der Waals surface area contributed by atoms with E-state index in [4.69, 9.17) is 0 Å². The van der Waals surface area contributed by atoms with Gasteiger partial charge in [0.2, 0.25) is 0 Å². The van der Waals surface area contributed by atoms with Crippen LogP contribution >= 0.6 is 0 Å². The third-order valence-electron chi connectivity index (χ3n) is 1.42. The zero-order chi connectivity index (χ0) is 9.56. The molecule has 1 N–H and O–H groups in total. The summed E-state index contributed by atoms with van der Waals surface area (Å²) in [7, 11) is 0. The highest BCUT2D eigenvalue weighted by Crippen LogP contribution is 2.16. The molecule has 0 amide bonds. The van der Waals surface area contributed by atoms with Crippen molar-refractivity contribution in [3.8, 4) is 5.75 Å². The van der Waals surface area contributed by atoms with Gasteiger partial charge in [-0.25, -0.2) is 9.97 Å². The van der Waals surface area contributed by atoms with E-state index in [1.165, 1.54) is 6.33 Å². The van der Waals surface area contributed by atoms with E-state index in [-0.39, 0.29) is 5.75 Å². The molecule has 0 saturated heterocycles. The summed E-state index contributed by atoms with van der Waals surface area (Å²) in [6, 6.07) is 0. The third-order valence-corrected chi connectivity index (χ3v) is 1.42. The molecule has 3 heteroatoms. The number of rotatable bonds is 1. The monoisotopic (exact) mass is 168 g/mol. The van der Waals surface area contributed by atoms with Gasteiger partial charge in [-0.2, -0.15) is 0 Å². The van der Waals surface area contributed by atoms with E-state index in [0.29, 0.717) is 11.4 Å². The first-order valence-corrected chi connectivity index (χ1v) is 4.25. The summed E-state index contributed by atoms with van der Waals surface area (Å²) in [5.74, 6) is 0.227. The van der Waals surface area contributed by atoms with Gasteiger partial charge in [0.15, 0.2) is 5.75 Å². The van der Waals surface area contributed by atoms with Crippen LogP contribution in [0, 0.1) is 6.92 Å². The molecule has 0 radical (unpaired) electrons. The Morgan fingerprint density at radius 2 is 1.92 bits per heavy atom. The van der Waals surface area contributed by atoms with Crippen LogP contribution in [0.3, 0.4) is 0 Å². The van der Waals surface area contributed by atoms with Crippen LogP contribution in [0.25, 0.3) is 0 Å². The minimum absolute atomic E-state index is 0.227. The van der Waals surface area contributed by atoms with Crippen LogP contribution in [0.5, 0.6) is 5.75 Å². The number of aromatic hydroxyl groups is 1. The Morgan fingerprint density at radius 3 is 2.33 bits per heavy atom. The van der Waals surface area contributed by atoms with Crippen molar-refractivity contribution in [1.29, 1.82) is 0 Å². The third kappa shape index (κ3) is 2.49.